The van der Waals surface area contributed by atoms with Gasteiger partial charge in [0.1, 0.15) is 0 Å². The van der Waals surface area contributed by atoms with E-state index < -0.39 is 28.6 Å². The molecule has 27 heavy (non-hydrogen) atoms. The minimum absolute atomic E-state index is 0.253. The maximum Gasteiger partial charge on any atom is 0.417 e. The van der Waals surface area contributed by atoms with Crippen molar-refractivity contribution in [2.75, 3.05) is 5.32 Å². The Morgan fingerprint density at radius 1 is 0.963 bits per heavy atom. The molecule has 0 aliphatic heterocycles. The van der Waals surface area contributed by atoms with Gasteiger partial charge in [-0.15, -0.1) is 0 Å². The molecular formula is C16H9Cl3F3N3O2. The van der Waals surface area contributed by atoms with Crippen molar-refractivity contribution in [3.05, 3.63) is 62.6 Å². The molecule has 0 aliphatic rings. The Kier molecular flexibility index (Phi) is 6.69. The molecule has 2 aromatic rings. The summed E-state index contributed by atoms with van der Waals surface area (Å²) in [7, 11) is 0. The summed E-state index contributed by atoms with van der Waals surface area (Å²) in [4.78, 5) is 23.4. The molecule has 0 aromatic heterocycles. The zero-order chi connectivity index (χ0) is 20.2. The number of benzene rings is 2. The summed E-state index contributed by atoms with van der Waals surface area (Å²) in [6.07, 6.45) is -3.53. The van der Waals surface area contributed by atoms with Crippen molar-refractivity contribution in [1.82, 2.24) is 5.43 Å². The lowest BCUT2D eigenvalue weighted by Crippen LogP contribution is -2.32. The second-order valence-corrected chi connectivity index (χ2v) is 6.26. The third-order valence-corrected chi connectivity index (χ3v) is 3.96. The largest absolute Gasteiger partial charge is 0.417 e. The van der Waals surface area contributed by atoms with E-state index in [9.17, 15) is 22.8 Å². The summed E-state index contributed by atoms with van der Waals surface area (Å²) >= 11 is 17.1. The molecule has 0 unspecified atom stereocenters. The molecule has 2 N–H and O–H groups in total. The molecule has 0 spiro atoms. The van der Waals surface area contributed by atoms with E-state index in [1.807, 2.05) is 10.7 Å². The van der Waals surface area contributed by atoms with E-state index >= 15 is 0 Å². The van der Waals surface area contributed by atoms with Crippen molar-refractivity contribution in [2.24, 2.45) is 5.10 Å². The summed E-state index contributed by atoms with van der Waals surface area (Å²) in [5, 5.41) is 5.71. The van der Waals surface area contributed by atoms with E-state index in [0.29, 0.717) is 16.7 Å². The number of anilines is 1. The van der Waals surface area contributed by atoms with Crippen LogP contribution in [0.5, 0.6) is 0 Å². The molecule has 2 amide bonds. The molecule has 2 rings (SSSR count). The number of carbonyl (C=O) groups is 2. The average molecular weight is 439 g/mol. The maximum atomic E-state index is 12.8. The van der Waals surface area contributed by atoms with Crippen LogP contribution in [0.15, 0.2) is 41.5 Å². The minimum Gasteiger partial charge on any atom is -0.318 e. The second kappa shape index (κ2) is 8.60. The summed E-state index contributed by atoms with van der Waals surface area (Å²) in [5.41, 5.74) is 0.959. The number of halogens is 6. The molecule has 0 bridgehead atoms. The first-order valence-corrected chi connectivity index (χ1v) is 8.17. The zero-order valence-corrected chi connectivity index (χ0v) is 15.3. The summed E-state index contributed by atoms with van der Waals surface area (Å²) < 4.78 is 38.4. The first kappa shape index (κ1) is 21.0. The number of alkyl halides is 3. The van der Waals surface area contributed by atoms with E-state index in [0.717, 1.165) is 12.1 Å². The number of rotatable bonds is 3. The molecule has 2 aromatic carbocycles. The highest BCUT2D eigenvalue weighted by Crippen LogP contribution is 2.36. The van der Waals surface area contributed by atoms with Gasteiger partial charge in [0.2, 0.25) is 0 Å². The quantitative estimate of drug-likeness (QED) is 0.412. The highest BCUT2D eigenvalue weighted by Gasteiger charge is 2.33. The smallest absolute Gasteiger partial charge is 0.318 e. The predicted octanol–water partition coefficient (Wildman–Crippen LogP) is 4.75. The van der Waals surface area contributed by atoms with E-state index in [2.05, 4.69) is 5.10 Å². The summed E-state index contributed by atoms with van der Waals surface area (Å²) in [6, 6.07) is 7.23. The number of amides is 2. The predicted molar refractivity (Wildman–Crippen MR) is 97.3 cm³/mol. The van der Waals surface area contributed by atoms with Gasteiger partial charge < -0.3 is 5.32 Å². The molecule has 11 heteroatoms. The lowest BCUT2D eigenvalue weighted by atomic mass is 10.2. The molecule has 0 saturated carbocycles. The second-order valence-electron chi connectivity index (χ2n) is 5.01. The van der Waals surface area contributed by atoms with Gasteiger partial charge in [0.05, 0.1) is 21.8 Å². The standard InChI is InChI=1S/C16H9Cl3F3N3O2/c17-9-2-1-8(13(19)5-9)7-23-25-15(27)14(26)24-10-3-4-12(18)11(6-10)16(20,21)22/h1-7H,(H,24,26)(H,25,27). The Hall–Kier alpha value is -2.29. The Labute approximate surface area is 166 Å². The van der Waals surface area contributed by atoms with Crippen LogP contribution in [0.2, 0.25) is 15.1 Å². The van der Waals surface area contributed by atoms with Gasteiger partial charge in [0, 0.05) is 16.3 Å². The molecule has 0 radical (unpaired) electrons. The van der Waals surface area contributed by atoms with Crippen LogP contribution in [0.4, 0.5) is 18.9 Å². The number of hydrazone groups is 1. The minimum atomic E-state index is -4.71. The Bertz CT molecular complexity index is 918. The van der Waals surface area contributed by atoms with Crippen LogP contribution < -0.4 is 10.7 Å². The molecule has 0 saturated heterocycles. The van der Waals surface area contributed by atoms with Crippen LogP contribution in [0, 0.1) is 0 Å². The van der Waals surface area contributed by atoms with Crippen LogP contribution in [-0.2, 0) is 15.8 Å². The van der Waals surface area contributed by atoms with Gasteiger partial charge in [-0.1, -0.05) is 40.9 Å². The average Bonchev–Trinajstić information content (AvgIpc) is 2.57. The number of nitrogens with one attached hydrogen (secondary N) is 2. The molecular weight excluding hydrogens is 430 g/mol. The Morgan fingerprint density at radius 2 is 1.67 bits per heavy atom. The van der Waals surface area contributed by atoms with Crippen molar-refractivity contribution in [3.63, 3.8) is 0 Å². The lowest BCUT2D eigenvalue weighted by molar-refractivity contribution is -0.137. The van der Waals surface area contributed by atoms with E-state index in [4.69, 9.17) is 34.8 Å². The van der Waals surface area contributed by atoms with Gasteiger partial charge in [-0.2, -0.15) is 18.3 Å². The van der Waals surface area contributed by atoms with Crippen molar-refractivity contribution in [2.45, 2.75) is 6.18 Å². The fraction of sp³-hybridized carbons (Fsp3) is 0.0625. The number of carbonyl (C=O) groups excluding carboxylic acids is 2. The fourth-order valence-electron chi connectivity index (χ4n) is 1.83. The topological polar surface area (TPSA) is 70.6 Å². The third kappa shape index (κ3) is 5.85. The SMILES string of the molecule is O=C(NN=Cc1ccc(Cl)cc1Cl)C(=O)Nc1ccc(Cl)c(C(F)(F)F)c1. The van der Waals surface area contributed by atoms with Gasteiger partial charge in [-0.3, -0.25) is 9.59 Å². The van der Waals surface area contributed by atoms with Crippen LogP contribution in [0.1, 0.15) is 11.1 Å². The Morgan fingerprint density at radius 3 is 2.30 bits per heavy atom. The van der Waals surface area contributed by atoms with Gasteiger partial charge in [0.25, 0.3) is 0 Å². The van der Waals surface area contributed by atoms with Gasteiger partial charge in [-0.05, 0) is 30.3 Å². The normalized spacial score (nSPS) is 11.5. The Balaban J connectivity index is 2.02. The van der Waals surface area contributed by atoms with Gasteiger partial charge in [0.15, 0.2) is 0 Å². The highest BCUT2D eigenvalue weighted by molar-refractivity contribution is 6.40. The zero-order valence-electron chi connectivity index (χ0n) is 13.1. The molecule has 0 aliphatic carbocycles. The van der Waals surface area contributed by atoms with E-state index in [1.54, 1.807) is 6.07 Å². The molecule has 0 atom stereocenters. The monoisotopic (exact) mass is 437 g/mol. The van der Waals surface area contributed by atoms with Crippen LogP contribution in [-0.4, -0.2) is 18.0 Å². The first-order valence-electron chi connectivity index (χ1n) is 7.04. The van der Waals surface area contributed by atoms with Crippen LogP contribution in [0.25, 0.3) is 0 Å². The highest BCUT2D eigenvalue weighted by atomic mass is 35.5. The fourth-order valence-corrected chi connectivity index (χ4v) is 2.51. The number of hydrogen-bond acceptors (Lipinski definition) is 3. The third-order valence-electron chi connectivity index (χ3n) is 3.07. The van der Waals surface area contributed by atoms with E-state index in [-0.39, 0.29) is 10.7 Å². The maximum absolute atomic E-state index is 12.8. The van der Waals surface area contributed by atoms with E-state index in [1.165, 1.54) is 18.3 Å². The van der Waals surface area contributed by atoms with Gasteiger partial charge in [-0.25, -0.2) is 5.43 Å². The number of nitrogens with zero attached hydrogens (tertiary/aromatic N) is 1. The number of hydrogen-bond donors (Lipinski definition) is 2. The van der Waals surface area contributed by atoms with Crippen LogP contribution in [0.3, 0.4) is 0 Å². The lowest BCUT2D eigenvalue weighted by Gasteiger charge is -2.11. The summed E-state index contributed by atoms with van der Waals surface area (Å²) in [5.74, 6) is -2.41. The molecule has 0 fully saturated rings. The van der Waals surface area contributed by atoms with Crippen LogP contribution >= 0.6 is 34.8 Å². The molecule has 142 valence electrons. The molecule has 0 heterocycles. The van der Waals surface area contributed by atoms with Crippen molar-refractivity contribution in [1.29, 1.82) is 0 Å². The van der Waals surface area contributed by atoms with Gasteiger partial charge >= 0.3 is 18.0 Å². The van der Waals surface area contributed by atoms with Crippen molar-refractivity contribution in [3.8, 4) is 0 Å². The molecule has 5 nitrogen and oxygen atoms in total. The first-order chi connectivity index (χ1) is 12.6. The summed E-state index contributed by atoms with van der Waals surface area (Å²) in [6.45, 7) is 0. The van der Waals surface area contributed by atoms with Crippen molar-refractivity contribution >= 4 is 58.5 Å². The van der Waals surface area contributed by atoms with Crippen molar-refractivity contribution < 1.29 is 22.8 Å².